The molecule has 2 N–H and O–H groups in total. The van der Waals surface area contributed by atoms with E-state index in [0.717, 1.165) is 0 Å². The van der Waals surface area contributed by atoms with Gasteiger partial charge in [0.05, 0.1) is 10.5 Å². The summed E-state index contributed by atoms with van der Waals surface area (Å²) in [5, 5.41) is 8.93. The maximum atomic E-state index is 13.4. The molecule has 0 amide bonds. The average molecular weight is 350 g/mol. The lowest BCUT2D eigenvalue weighted by molar-refractivity contribution is 0.113. The summed E-state index contributed by atoms with van der Waals surface area (Å²) in [4.78, 5) is -0.271. The number of halogens is 2. The van der Waals surface area contributed by atoms with Crippen molar-refractivity contribution in [1.82, 2.24) is 5.16 Å². The first kappa shape index (κ1) is 16.3. The van der Waals surface area contributed by atoms with Gasteiger partial charge in [0.1, 0.15) is 5.69 Å². The van der Waals surface area contributed by atoms with E-state index in [1.165, 1.54) is 24.3 Å². The highest BCUT2D eigenvalue weighted by Gasteiger charge is 2.28. The lowest BCUT2D eigenvalue weighted by Crippen LogP contribution is -2.13. The van der Waals surface area contributed by atoms with Crippen molar-refractivity contribution in [3.8, 4) is 22.4 Å². The molecule has 0 bridgehead atoms. The summed E-state index contributed by atoms with van der Waals surface area (Å²) >= 11 is 0. The van der Waals surface area contributed by atoms with Crippen LogP contribution in [0.3, 0.4) is 0 Å². The molecule has 0 saturated carbocycles. The average Bonchev–Trinajstić information content (AvgIpc) is 3.00. The molecule has 0 spiro atoms. The van der Waals surface area contributed by atoms with Gasteiger partial charge in [-0.3, -0.25) is 0 Å². The Bertz CT molecular complexity index is 970. The van der Waals surface area contributed by atoms with Crippen molar-refractivity contribution in [3.05, 3.63) is 60.4 Å². The third-order valence-electron chi connectivity index (χ3n) is 3.43. The lowest BCUT2D eigenvalue weighted by Gasteiger charge is -2.09. The summed E-state index contributed by atoms with van der Waals surface area (Å²) < 4.78 is 55.1. The molecule has 0 fully saturated rings. The van der Waals surface area contributed by atoms with Crippen molar-refractivity contribution in [2.75, 3.05) is 0 Å². The summed E-state index contributed by atoms with van der Waals surface area (Å²) in [7, 11) is -4.12. The minimum atomic E-state index is -4.12. The van der Waals surface area contributed by atoms with Gasteiger partial charge in [0.15, 0.2) is 0 Å². The molecule has 0 radical (unpaired) electrons. The van der Waals surface area contributed by atoms with Crippen molar-refractivity contribution in [2.45, 2.75) is 11.3 Å². The van der Waals surface area contributed by atoms with Crippen LogP contribution in [0.25, 0.3) is 22.4 Å². The number of alkyl halides is 2. The number of primary sulfonamides is 1. The van der Waals surface area contributed by atoms with Crippen molar-refractivity contribution in [2.24, 2.45) is 5.14 Å². The largest absolute Gasteiger partial charge is 0.354 e. The zero-order chi connectivity index (χ0) is 17.3. The molecule has 0 unspecified atom stereocenters. The van der Waals surface area contributed by atoms with Gasteiger partial charge < -0.3 is 4.52 Å². The van der Waals surface area contributed by atoms with E-state index in [9.17, 15) is 17.2 Å². The van der Waals surface area contributed by atoms with E-state index < -0.39 is 22.2 Å². The van der Waals surface area contributed by atoms with E-state index in [1.807, 2.05) is 0 Å². The Morgan fingerprint density at radius 2 is 1.62 bits per heavy atom. The molecular formula is C16H12F2N2O3S. The third-order valence-corrected chi connectivity index (χ3v) is 4.40. The smallest absolute Gasteiger partial charge is 0.298 e. The Morgan fingerprint density at radius 3 is 2.25 bits per heavy atom. The Hall–Kier alpha value is -2.58. The van der Waals surface area contributed by atoms with Crippen LogP contribution in [0.2, 0.25) is 0 Å². The number of nitrogens with zero attached hydrogens (tertiary/aromatic N) is 1. The number of benzene rings is 2. The van der Waals surface area contributed by atoms with Crippen LogP contribution < -0.4 is 5.14 Å². The Kier molecular flexibility index (Phi) is 4.16. The Labute approximate surface area is 136 Å². The molecule has 24 heavy (non-hydrogen) atoms. The number of hydrogen-bond acceptors (Lipinski definition) is 4. The molecule has 0 aliphatic rings. The van der Waals surface area contributed by atoms with Gasteiger partial charge in [0.25, 0.3) is 6.43 Å². The minimum absolute atomic E-state index is 0.0235. The zero-order valence-electron chi connectivity index (χ0n) is 12.2. The monoisotopic (exact) mass is 350 g/mol. The van der Waals surface area contributed by atoms with Gasteiger partial charge in [-0.1, -0.05) is 53.7 Å². The second kappa shape index (κ2) is 6.14. The second-order valence-corrected chi connectivity index (χ2v) is 6.51. The van der Waals surface area contributed by atoms with E-state index in [0.29, 0.717) is 5.56 Å². The molecule has 8 heteroatoms. The van der Waals surface area contributed by atoms with Gasteiger partial charge in [-0.25, -0.2) is 22.3 Å². The van der Waals surface area contributed by atoms with Gasteiger partial charge in [0.2, 0.25) is 15.8 Å². The molecule has 0 aliphatic carbocycles. The van der Waals surface area contributed by atoms with Gasteiger partial charge in [-0.15, -0.1) is 0 Å². The van der Waals surface area contributed by atoms with Gasteiger partial charge in [-0.2, -0.15) is 0 Å². The zero-order valence-corrected chi connectivity index (χ0v) is 13.0. The number of aromatic nitrogens is 1. The highest BCUT2D eigenvalue weighted by molar-refractivity contribution is 7.89. The first-order valence-electron chi connectivity index (χ1n) is 6.85. The highest BCUT2D eigenvalue weighted by atomic mass is 32.2. The van der Waals surface area contributed by atoms with Crippen LogP contribution in [0, 0.1) is 0 Å². The molecule has 2 aromatic carbocycles. The third kappa shape index (κ3) is 2.93. The molecule has 0 aliphatic heterocycles. The maximum absolute atomic E-state index is 13.4. The Morgan fingerprint density at radius 1 is 1.00 bits per heavy atom. The van der Waals surface area contributed by atoms with E-state index in [4.69, 9.17) is 9.66 Å². The predicted molar refractivity (Wildman–Crippen MR) is 83.7 cm³/mol. The number of nitrogens with two attached hydrogens (primary N) is 1. The van der Waals surface area contributed by atoms with Crippen LogP contribution in [0.5, 0.6) is 0 Å². The summed E-state index contributed by atoms with van der Waals surface area (Å²) in [6, 6.07) is 14.1. The van der Waals surface area contributed by atoms with Crippen molar-refractivity contribution >= 4 is 10.0 Å². The molecule has 124 valence electrons. The molecule has 1 heterocycles. The minimum Gasteiger partial charge on any atom is -0.354 e. The van der Waals surface area contributed by atoms with Gasteiger partial charge >= 0.3 is 0 Å². The van der Waals surface area contributed by atoms with Crippen LogP contribution in [-0.4, -0.2) is 13.6 Å². The van der Waals surface area contributed by atoms with Crippen LogP contribution in [-0.2, 0) is 10.0 Å². The topological polar surface area (TPSA) is 86.2 Å². The van der Waals surface area contributed by atoms with E-state index in [-0.39, 0.29) is 21.7 Å². The molecular weight excluding hydrogens is 338 g/mol. The van der Waals surface area contributed by atoms with Gasteiger partial charge in [-0.05, 0) is 6.07 Å². The molecule has 0 saturated heterocycles. The van der Waals surface area contributed by atoms with E-state index in [1.54, 1.807) is 30.3 Å². The molecule has 3 aromatic rings. The SMILES string of the molecule is NS(=O)(=O)c1ccccc1-c1c(-c2ccccc2)noc1C(F)F. The number of rotatable bonds is 4. The van der Waals surface area contributed by atoms with E-state index in [2.05, 4.69) is 5.16 Å². The standard InChI is InChI=1S/C16H12F2N2O3S/c17-16(18)15-13(11-8-4-5-9-12(11)24(19,21)22)14(20-23-15)10-6-2-1-3-7-10/h1-9,16H,(H2,19,21,22). The molecule has 5 nitrogen and oxygen atoms in total. The lowest BCUT2D eigenvalue weighted by atomic mass is 9.99. The fourth-order valence-corrected chi connectivity index (χ4v) is 3.17. The quantitative estimate of drug-likeness (QED) is 0.779. The molecule has 0 atom stereocenters. The Balaban J connectivity index is 2.35. The second-order valence-electron chi connectivity index (χ2n) is 4.98. The van der Waals surface area contributed by atoms with E-state index >= 15 is 0 Å². The number of hydrogen-bond donors (Lipinski definition) is 1. The normalized spacial score (nSPS) is 11.8. The summed E-state index contributed by atoms with van der Waals surface area (Å²) in [5.41, 5.74) is 0.589. The van der Waals surface area contributed by atoms with Crippen molar-refractivity contribution < 1.29 is 21.7 Å². The fraction of sp³-hybridized carbons (Fsp3) is 0.0625. The predicted octanol–water partition coefficient (Wildman–Crippen LogP) is 3.59. The summed E-state index contributed by atoms with van der Waals surface area (Å²) in [6.07, 6.45) is -2.96. The van der Waals surface area contributed by atoms with Gasteiger partial charge in [0, 0.05) is 11.1 Å². The maximum Gasteiger partial charge on any atom is 0.298 e. The number of sulfonamides is 1. The highest BCUT2D eigenvalue weighted by Crippen LogP contribution is 2.41. The summed E-state index contributed by atoms with van der Waals surface area (Å²) in [6.45, 7) is 0. The van der Waals surface area contributed by atoms with Crippen molar-refractivity contribution in [1.29, 1.82) is 0 Å². The van der Waals surface area contributed by atoms with Crippen LogP contribution in [0.4, 0.5) is 8.78 Å². The molecule has 1 aromatic heterocycles. The van der Waals surface area contributed by atoms with Crippen LogP contribution in [0.1, 0.15) is 12.2 Å². The van der Waals surface area contributed by atoms with Crippen LogP contribution >= 0.6 is 0 Å². The first-order chi connectivity index (χ1) is 11.4. The summed E-state index contributed by atoms with van der Waals surface area (Å²) in [5.74, 6) is -0.704. The first-order valence-corrected chi connectivity index (χ1v) is 8.39. The fourth-order valence-electron chi connectivity index (χ4n) is 2.43. The van der Waals surface area contributed by atoms with Crippen molar-refractivity contribution in [3.63, 3.8) is 0 Å². The van der Waals surface area contributed by atoms with Crippen LogP contribution in [0.15, 0.2) is 64.0 Å². The molecule has 3 rings (SSSR count).